The van der Waals surface area contributed by atoms with Crippen LogP contribution in [0.4, 0.5) is 0 Å². The Hall–Kier alpha value is -2.38. The largest absolute Gasteiger partial charge is 0.335 e. The Bertz CT molecular complexity index is 683. The van der Waals surface area contributed by atoms with E-state index in [1.54, 1.807) is 28.6 Å². The first-order valence-corrected chi connectivity index (χ1v) is 8.29. The molecule has 0 radical (unpaired) electrons. The predicted octanol–water partition coefficient (Wildman–Crippen LogP) is -0.502. The molecule has 3 amide bonds. The second-order valence-corrected chi connectivity index (χ2v) is 6.44. The molecule has 2 fully saturated rings. The number of carbonyl (C=O) groups excluding carboxylic acids is 3. The first-order chi connectivity index (χ1) is 11.4. The zero-order chi connectivity index (χ0) is 17.4. The highest BCUT2D eigenvalue weighted by molar-refractivity contribution is 5.97. The molecule has 3 heterocycles. The van der Waals surface area contributed by atoms with Crippen molar-refractivity contribution < 1.29 is 14.4 Å². The summed E-state index contributed by atoms with van der Waals surface area (Å²) in [4.78, 5) is 41.9. The van der Waals surface area contributed by atoms with E-state index in [9.17, 15) is 14.4 Å². The standard InChI is InChI=1S/C16H23N5O3/c1-4-5-11-8-12(19(3)17-11)16(24)20-6-7-21-13(9-20)15(23)18(2)10-14(21)22/h8,13H,4-7,9-10H2,1-3H3. The third-order valence-corrected chi connectivity index (χ3v) is 4.68. The minimum absolute atomic E-state index is 0.0556. The molecule has 1 unspecified atom stereocenters. The van der Waals surface area contributed by atoms with Gasteiger partial charge in [0.05, 0.1) is 18.8 Å². The minimum atomic E-state index is -0.572. The fourth-order valence-corrected chi connectivity index (χ4v) is 3.37. The average Bonchev–Trinajstić information content (AvgIpc) is 2.92. The average molecular weight is 333 g/mol. The van der Waals surface area contributed by atoms with E-state index in [4.69, 9.17) is 0 Å². The Morgan fingerprint density at radius 3 is 2.75 bits per heavy atom. The second-order valence-electron chi connectivity index (χ2n) is 6.44. The summed E-state index contributed by atoms with van der Waals surface area (Å²) in [6, 6.07) is 1.25. The number of amides is 3. The minimum Gasteiger partial charge on any atom is -0.335 e. The molecular weight excluding hydrogens is 310 g/mol. The summed E-state index contributed by atoms with van der Waals surface area (Å²) in [7, 11) is 3.38. The van der Waals surface area contributed by atoms with Gasteiger partial charge in [0.15, 0.2) is 0 Å². The first-order valence-electron chi connectivity index (χ1n) is 8.29. The number of rotatable bonds is 3. The molecule has 0 N–H and O–H groups in total. The topological polar surface area (TPSA) is 78.8 Å². The molecule has 8 heteroatoms. The van der Waals surface area contributed by atoms with Gasteiger partial charge in [-0.2, -0.15) is 5.10 Å². The fourth-order valence-electron chi connectivity index (χ4n) is 3.37. The van der Waals surface area contributed by atoms with Crippen molar-refractivity contribution in [2.75, 3.05) is 33.2 Å². The van der Waals surface area contributed by atoms with Gasteiger partial charge in [0.2, 0.25) is 11.8 Å². The van der Waals surface area contributed by atoms with E-state index in [-0.39, 0.29) is 30.8 Å². The zero-order valence-electron chi connectivity index (χ0n) is 14.4. The van der Waals surface area contributed by atoms with Crippen LogP contribution in [0.2, 0.25) is 0 Å². The van der Waals surface area contributed by atoms with Crippen molar-refractivity contribution in [1.29, 1.82) is 0 Å². The Labute approximate surface area is 141 Å². The maximum absolute atomic E-state index is 12.8. The molecule has 3 rings (SSSR count). The van der Waals surface area contributed by atoms with Crippen molar-refractivity contribution in [3.8, 4) is 0 Å². The number of fused-ring (bicyclic) bond motifs is 1. The number of aryl methyl sites for hydroxylation is 2. The Morgan fingerprint density at radius 1 is 1.29 bits per heavy atom. The van der Waals surface area contributed by atoms with Crippen LogP contribution in [0.15, 0.2) is 6.07 Å². The van der Waals surface area contributed by atoms with Gasteiger partial charge >= 0.3 is 0 Å². The molecule has 0 saturated carbocycles. The molecule has 0 spiro atoms. The van der Waals surface area contributed by atoms with Gasteiger partial charge in [-0.1, -0.05) is 13.3 Å². The van der Waals surface area contributed by atoms with Gasteiger partial charge in [-0.05, 0) is 12.5 Å². The van der Waals surface area contributed by atoms with E-state index in [0.29, 0.717) is 18.8 Å². The van der Waals surface area contributed by atoms with Gasteiger partial charge in [-0.25, -0.2) is 0 Å². The van der Waals surface area contributed by atoms with Crippen LogP contribution in [0.25, 0.3) is 0 Å². The maximum atomic E-state index is 12.8. The van der Waals surface area contributed by atoms with E-state index in [1.165, 1.54) is 4.90 Å². The lowest BCUT2D eigenvalue weighted by Gasteiger charge is -2.45. The van der Waals surface area contributed by atoms with Crippen LogP contribution in [0, 0.1) is 0 Å². The van der Waals surface area contributed by atoms with Crippen LogP contribution in [-0.2, 0) is 23.1 Å². The molecule has 2 aliphatic rings. The number of carbonyl (C=O) groups is 3. The first kappa shape index (κ1) is 16.5. The molecule has 130 valence electrons. The number of nitrogens with zero attached hydrogens (tertiary/aromatic N) is 5. The third-order valence-electron chi connectivity index (χ3n) is 4.68. The molecule has 8 nitrogen and oxygen atoms in total. The van der Waals surface area contributed by atoms with Gasteiger partial charge in [0, 0.05) is 27.2 Å². The number of aromatic nitrogens is 2. The van der Waals surface area contributed by atoms with E-state index >= 15 is 0 Å². The van der Waals surface area contributed by atoms with E-state index in [0.717, 1.165) is 18.5 Å². The summed E-state index contributed by atoms with van der Waals surface area (Å²) in [5, 5.41) is 4.37. The van der Waals surface area contributed by atoms with Crippen LogP contribution in [0.1, 0.15) is 29.5 Å². The zero-order valence-corrected chi connectivity index (χ0v) is 14.4. The number of likely N-dealkylation sites (N-methyl/N-ethyl adjacent to an activating group) is 1. The second kappa shape index (κ2) is 6.26. The summed E-state index contributed by atoms with van der Waals surface area (Å²) in [6.45, 7) is 3.26. The lowest BCUT2D eigenvalue weighted by Crippen LogP contribution is -2.66. The number of hydrogen-bond donors (Lipinski definition) is 0. The molecule has 1 aromatic rings. The molecule has 0 aromatic carbocycles. The quantitative estimate of drug-likeness (QED) is 0.747. The molecule has 2 saturated heterocycles. The smallest absolute Gasteiger partial charge is 0.272 e. The SMILES string of the molecule is CCCc1cc(C(=O)N2CCN3C(=O)CN(C)C(=O)C3C2)n(C)n1. The summed E-state index contributed by atoms with van der Waals surface area (Å²) in [6.07, 6.45) is 1.80. The van der Waals surface area contributed by atoms with E-state index < -0.39 is 6.04 Å². The summed E-state index contributed by atoms with van der Waals surface area (Å²) < 4.78 is 1.60. The summed E-state index contributed by atoms with van der Waals surface area (Å²) >= 11 is 0. The highest BCUT2D eigenvalue weighted by atomic mass is 16.2. The number of hydrogen-bond acceptors (Lipinski definition) is 4. The lowest BCUT2D eigenvalue weighted by molar-refractivity contribution is -0.157. The third kappa shape index (κ3) is 2.76. The van der Waals surface area contributed by atoms with Gasteiger partial charge in [-0.3, -0.25) is 19.1 Å². The van der Waals surface area contributed by atoms with Crippen molar-refractivity contribution >= 4 is 17.7 Å². The van der Waals surface area contributed by atoms with Crippen molar-refractivity contribution in [3.63, 3.8) is 0 Å². The Balaban J connectivity index is 1.77. The molecule has 1 atom stereocenters. The van der Waals surface area contributed by atoms with Gasteiger partial charge in [-0.15, -0.1) is 0 Å². The molecular formula is C16H23N5O3. The normalized spacial score (nSPS) is 21.3. The van der Waals surface area contributed by atoms with E-state index in [2.05, 4.69) is 12.0 Å². The Morgan fingerprint density at radius 2 is 2.04 bits per heavy atom. The maximum Gasteiger partial charge on any atom is 0.272 e. The predicted molar refractivity (Wildman–Crippen MR) is 86.2 cm³/mol. The van der Waals surface area contributed by atoms with Crippen molar-refractivity contribution in [1.82, 2.24) is 24.5 Å². The van der Waals surface area contributed by atoms with Crippen molar-refractivity contribution in [2.45, 2.75) is 25.8 Å². The van der Waals surface area contributed by atoms with Crippen LogP contribution in [0.3, 0.4) is 0 Å². The summed E-state index contributed by atoms with van der Waals surface area (Å²) in [5.41, 5.74) is 1.42. The van der Waals surface area contributed by atoms with Crippen molar-refractivity contribution in [2.24, 2.45) is 7.05 Å². The Kier molecular flexibility index (Phi) is 4.29. The van der Waals surface area contributed by atoms with Gasteiger partial charge < -0.3 is 14.7 Å². The lowest BCUT2D eigenvalue weighted by atomic mass is 10.1. The molecule has 1 aromatic heterocycles. The van der Waals surface area contributed by atoms with Crippen LogP contribution in [-0.4, -0.2) is 81.5 Å². The van der Waals surface area contributed by atoms with Crippen molar-refractivity contribution in [3.05, 3.63) is 17.5 Å². The van der Waals surface area contributed by atoms with Gasteiger partial charge in [0.1, 0.15) is 11.7 Å². The molecule has 0 aliphatic carbocycles. The highest BCUT2D eigenvalue weighted by Crippen LogP contribution is 2.19. The fraction of sp³-hybridized carbons (Fsp3) is 0.625. The molecule has 2 aliphatic heterocycles. The summed E-state index contributed by atoms with van der Waals surface area (Å²) in [5.74, 6) is -0.302. The van der Waals surface area contributed by atoms with Crippen LogP contribution >= 0.6 is 0 Å². The van der Waals surface area contributed by atoms with E-state index in [1.807, 2.05) is 6.07 Å². The van der Waals surface area contributed by atoms with Gasteiger partial charge in [0.25, 0.3) is 5.91 Å². The van der Waals surface area contributed by atoms with Crippen LogP contribution < -0.4 is 0 Å². The highest BCUT2D eigenvalue weighted by Gasteiger charge is 2.42. The molecule has 24 heavy (non-hydrogen) atoms. The number of piperazine rings is 2. The monoisotopic (exact) mass is 333 g/mol. The van der Waals surface area contributed by atoms with Crippen LogP contribution in [0.5, 0.6) is 0 Å². The molecule has 0 bridgehead atoms.